The van der Waals surface area contributed by atoms with Crippen LogP contribution in [-0.4, -0.2) is 6.61 Å². The van der Waals surface area contributed by atoms with E-state index in [0.717, 1.165) is 19.1 Å². The Bertz CT molecular complexity index is 325. The van der Waals surface area contributed by atoms with E-state index in [-0.39, 0.29) is 0 Å². The number of hydrogen-bond acceptors (Lipinski definition) is 1. The van der Waals surface area contributed by atoms with Gasteiger partial charge in [-0.25, -0.2) is 0 Å². The Morgan fingerprint density at radius 1 is 1.17 bits per heavy atom. The summed E-state index contributed by atoms with van der Waals surface area (Å²) in [6.45, 7) is 6.30. The molecule has 1 radical (unpaired) electrons. The minimum Gasteiger partial charge on any atom is -0.376 e. The molecule has 0 amide bonds. The Balaban J connectivity index is 1.67. The van der Waals surface area contributed by atoms with Gasteiger partial charge in [0.2, 0.25) is 0 Å². The van der Waals surface area contributed by atoms with E-state index >= 15 is 0 Å². The van der Waals surface area contributed by atoms with Crippen LogP contribution in [0.3, 0.4) is 0 Å². The molecule has 2 rings (SSSR count). The topological polar surface area (TPSA) is 9.23 Å². The molecule has 0 saturated heterocycles. The van der Waals surface area contributed by atoms with E-state index in [0.29, 0.717) is 5.92 Å². The van der Waals surface area contributed by atoms with Crippen molar-refractivity contribution < 1.29 is 4.74 Å². The van der Waals surface area contributed by atoms with Crippen LogP contribution in [0.2, 0.25) is 0 Å². The third-order valence-electron chi connectivity index (χ3n) is 4.09. The predicted molar refractivity (Wildman–Crippen MR) is 76.1 cm³/mol. The molecule has 1 fully saturated rings. The van der Waals surface area contributed by atoms with E-state index < -0.39 is 0 Å². The molecule has 99 valence electrons. The fraction of sp³-hybridized carbons (Fsp3) is 0.588. The summed E-state index contributed by atoms with van der Waals surface area (Å²) in [5.41, 5.74) is 1.27. The molecular formula is C17H25O. The molecule has 1 nitrogen and oxygen atoms in total. The van der Waals surface area contributed by atoms with Gasteiger partial charge in [-0.1, -0.05) is 57.0 Å². The average molecular weight is 245 g/mol. The minimum absolute atomic E-state index is 0.626. The van der Waals surface area contributed by atoms with Crippen molar-refractivity contribution in [1.29, 1.82) is 0 Å². The van der Waals surface area contributed by atoms with Crippen LogP contribution >= 0.6 is 0 Å². The highest BCUT2D eigenvalue weighted by molar-refractivity contribution is 5.13. The lowest BCUT2D eigenvalue weighted by molar-refractivity contribution is 0.0905. The van der Waals surface area contributed by atoms with E-state index in [2.05, 4.69) is 38.1 Å². The minimum atomic E-state index is 0.626. The van der Waals surface area contributed by atoms with Gasteiger partial charge in [0.15, 0.2) is 0 Å². The number of hydrogen-bond donors (Lipinski definition) is 0. The molecule has 0 heterocycles. The van der Waals surface area contributed by atoms with Crippen molar-refractivity contribution in [3.05, 3.63) is 41.8 Å². The zero-order valence-corrected chi connectivity index (χ0v) is 11.7. The first kappa shape index (κ1) is 13.6. The molecule has 1 saturated carbocycles. The Morgan fingerprint density at radius 2 is 1.83 bits per heavy atom. The molecule has 1 aliphatic carbocycles. The second-order valence-electron chi connectivity index (χ2n) is 5.74. The van der Waals surface area contributed by atoms with Gasteiger partial charge in [-0.05, 0) is 36.2 Å². The summed E-state index contributed by atoms with van der Waals surface area (Å²) in [7, 11) is 0. The van der Waals surface area contributed by atoms with E-state index in [1.165, 1.54) is 31.2 Å². The fourth-order valence-electron chi connectivity index (χ4n) is 2.67. The maximum atomic E-state index is 5.84. The molecule has 1 unspecified atom stereocenters. The highest BCUT2D eigenvalue weighted by atomic mass is 16.5. The van der Waals surface area contributed by atoms with Gasteiger partial charge in [-0.3, -0.25) is 0 Å². The predicted octanol–water partition coefficient (Wildman–Crippen LogP) is 4.62. The SMILES string of the molecule is CC1CC[C](C(C)COCc2ccccc2)CC1. The van der Waals surface area contributed by atoms with Gasteiger partial charge in [0.05, 0.1) is 13.2 Å². The summed E-state index contributed by atoms with van der Waals surface area (Å²) in [6.07, 6.45) is 5.38. The second kappa shape index (κ2) is 6.94. The molecule has 0 N–H and O–H groups in total. The smallest absolute Gasteiger partial charge is 0.0717 e. The van der Waals surface area contributed by atoms with Crippen molar-refractivity contribution in [2.24, 2.45) is 11.8 Å². The molecule has 0 aliphatic heterocycles. The maximum Gasteiger partial charge on any atom is 0.0717 e. The largest absolute Gasteiger partial charge is 0.376 e. The van der Waals surface area contributed by atoms with Gasteiger partial charge in [0.1, 0.15) is 0 Å². The van der Waals surface area contributed by atoms with E-state index in [9.17, 15) is 0 Å². The molecule has 18 heavy (non-hydrogen) atoms. The van der Waals surface area contributed by atoms with Crippen LogP contribution in [0.15, 0.2) is 30.3 Å². The van der Waals surface area contributed by atoms with Crippen LogP contribution in [0.25, 0.3) is 0 Å². The Hall–Kier alpha value is -0.820. The zero-order valence-electron chi connectivity index (χ0n) is 11.7. The van der Waals surface area contributed by atoms with E-state index in [1.54, 1.807) is 5.92 Å². The van der Waals surface area contributed by atoms with E-state index in [1.807, 2.05) is 6.07 Å². The van der Waals surface area contributed by atoms with Gasteiger partial charge in [0, 0.05) is 0 Å². The molecule has 1 heteroatoms. The van der Waals surface area contributed by atoms with Gasteiger partial charge >= 0.3 is 0 Å². The first-order chi connectivity index (χ1) is 8.75. The van der Waals surface area contributed by atoms with Crippen LogP contribution in [0.1, 0.15) is 45.1 Å². The number of rotatable bonds is 5. The summed E-state index contributed by atoms with van der Waals surface area (Å²) in [4.78, 5) is 0. The molecule has 0 aromatic heterocycles. The van der Waals surface area contributed by atoms with Gasteiger partial charge in [0.25, 0.3) is 0 Å². The van der Waals surface area contributed by atoms with Crippen molar-refractivity contribution in [2.45, 2.75) is 46.1 Å². The second-order valence-corrected chi connectivity index (χ2v) is 5.74. The first-order valence-corrected chi connectivity index (χ1v) is 7.22. The highest BCUT2D eigenvalue weighted by Crippen LogP contribution is 2.34. The van der Waals surface area contributed by atoms with Gasteiger partial charge in [-0.2, -0.15) is 0 Å². The normalized spacial score (nSPS) is 19.9. The highest BCUT2D eigenvalue weighted by Gasteiger charge is 2.23. The maximum absolute atomic E-state index is 5.84. The standard InChI is InChI=1S/C17H25O/c1-14-8-10-17(11-9-14)15(2)12-18-13-16-6-4-3-5-7-16/h3-7,14-15H,8-13H2,1-2H3. The third-order valence-corrected chi connectivity index (χ3v) is 4.09. The summed E-state index contributed by atoms with van der Waals surface area (Å²) in [5, 5.41) is 0. The van der Waals surface area contributed by atoms with E-state index in [4.69, 9.17) is 4.74 Å². The molecule has 1 atom stereocenters. The molecular weight excluding hydrogens is 220 g/mol. The quantitative estimate of drug-likeness (QED) is 0.735. The average Bonchev–Trinajstić information content (AvgIpc) is 2.40. The van der Waals surface area contributed by atoms with Crippen molar-refractivity contribution in [2.75, 3.05) is 6.61 Å². The van der Waals surface area contributed by atoms with Gasteiger partial charge < -0.3 is 4.74 Å². The van der Waals surface area contributed by atoms with Crippen molar-refractivity contribution in [3.63, 3.8) is 0 Å². The fourth-order valence-corrected chi connectivity index (χ4v) is 2.67. The lowest BCUT2D eigenvalue weighted by Crippen LogP contribution is -2.20. The Morgan fingerprint density at radius 3 is 2.50 bits per heavy atom. The van der Waals surface area contributed by atoms with Crippen LogP contribution in [-0.2, 0) is 11.3 Å². The first-order valence-electron chi connectivity index (χ1n) is 7.22. The number of ether oxygens (including phenoxy) is 1. The zero-order chi connectivity index (χ0) is 12.8. The van der Waals surface area contributed by atoms with Crippen molar-refractivity contribution >= 4 is 0 Å². The Labute approximate surface area is 112 Å². The van der Waals surface area contributed by atoms with Crippen LogP contribution in [0.4, 0.5) is 0 Å². The van der Waals surface area contributed by atoms with Crippen molar-refractivity contribution in [1.82, 2.24) is 0 Å². The summed E-state index contributed by atoms with van der Waals surface area (Å²) in [6, 6.07) is 10.4. The summed E-state index contributed by atoms with van der Waals surface area (Å²) in [5.74, 6) is 3.27. The Kier molecular flexibility index (Phi) is 5.25. The van der Waals surface area contributed by atoms with Crippen LogP contribution in [0, 0.1) is 17.8 Å². The molecule has 1 aliphatic rings. The monoisotopic (exact) mass is 245 g/mol. The molecule has 1 aromatic carbocycles. The molecule has 1 aromatic rings. The molecule has 0 bridgehead atoms. The lowest BCUT2D eigenvalue weighted by Gasteiger charge is -2.30. The summed E-state index contributed by atoms with van der Waals surface area (Å²) < 4.78 is 5.84. The van der Waals surface area contributed by atoms with Crippen LogP contribution in [0.5, 0.6) is 0 Å². The molecule has 0 spiro atoms. The number of benzene rings is 1. The van der Waals surface area contributed by atoms with Gasteiger partial charge in [-0.15, -0.1) is 0 Å². The van der Waals surface area contributed by atoms with Crippen molar-refractivity contribution in [3.8, 4) is 0 Å². The third kappa shape index (κ3) is 4.13. The summed E-state index contributed by atoms with van der Waals surface area (Å²) >= 11 is 0. The lowest BCUT2D eigenvalue weighted by atomic mass is 9.77. The van der Waals surface area contributed by atoms with Crippen LogP contribution < -0.4 is 0 Å².